The number of hydrogen-bond acceptors (Lipinski definition) is 5. The maximum atomic E-state index is 13.4. The Bertz CT molecular complexity index is 1340. The van der Waals surface area contributed by atoms with Gasteiger partial charge in [-0.2, -0.15) is 0 Å². The highest BCUT2D eigenvalue weighted by Gasteiger charge is 2.30. The minimum absolute atomic E-state index is 0.0215. The van der Waals surface area contributed by atoms with E-state index in [2.05, 4.69) is 5.32 Å². The Hall–Kier alpha value is -3.36. The molecule has 0 saturated heterocycles. The molecule has 3 aromatic rings. The van der Waals surface area contributed by atoms with Crippen LogP contribution in [0.1, 0.15) is 29.3 Å². The van der Waals surface area contributed by atoms with Crippen LogP contribution in [-0.2, 0) is 26.0 Å². The lowest BCUT2D eigenvalue weighted by Crippen LogP contribution is -2.35. The molecule has 0 radical (unpaired) electrons. The lowest BCUT2D eigenvalue weighted by atomic mass is 10.0. The van der Waals surface area contributed by atoms with Crippen molar-refractivity contribution < 1.29 is 22.7 Å². The first-order chi connectivity index (χ1) is 16.3. The van der Waals surface area contributed by atoms with Crippen molar-refractivity contribution in [1.82, 2.24) is 0 Å². The van der Waals surface area contributed by atoms with Crippen molar-refractivity contribution in [3.63, 3.8) is 0 Å². The molecular weight excluding hydrogens is 476 g/mol. The zero-order valence-corrected chi connectivity index (χ0v) is 20.0. The number of ether oxygens (including phenoxy) is 1. The van der Waals surface area contributed by atoms with E-state index in [1.807, 2.05) is 12.1 Å². The second-order valence-corrected chi connectivity index (χ2v) is 10.1. The number of carbonyl (C=O) groups excluding carboxylic acids is 2. The second-order valence-electron chi connectivity index (χ2n) is 7.85. The topological polar surface area (TPSA) is 92.8 Å². The first-order valence-electron chi connectivity index (χ1n) is 10.7. The van der Waals surface area contributed by atoms with Gasteiger partial charge in [-0.25, -0.2) is 13.2 Å². The van der Waals surface area contributed by atoms with Crippen molar-refractivity contribution in [2.45, 2.75) is 30.8 Å². The third kappa shape index (κ3) is 4.93. The monoisotopic (exact) mass is 498 g/mol. The van der Waals surface area contributed by atoms with Crippen LogP contribution in [0.2, 0.25) is 5.02 Å². The number of aryl methyl sites for hydroxylation is 1. The molecule has 1 atom stereocenters. The van der Waals surface area contributed by atoms with Crippen LogP contribution in [0.3, 0.4) is 0 Å². The van der Waals surface area contributed by atoms with Gasteiger partial charge in [0.15, 0.2) is 6.10 Å². The van der Waals surface area contributed by atoms with Crippen LogP contribution in [-0.4, -0.2) is 32.9 Å². The molecule has 7 nitrogen and oxygen atoms in total. The summed E-state index contributed by atoms with van der Waals surface area (Å²) in [5.41, 5.74) is 2.04. The van der Waals surface area contributed by atoms with Gasteiger partial charge in [0.05, 0.1) is 26.9 Å². The van der Waals surface area contributed by atoms with Crippen LogP contribution < -0.4 is 9.62 Å². The fourth-order valence-electron chi connectivity index (χ4n) is 3.74. The van der Waals surface area contributed by atoms with Gasteiger partial charge in [0.25, 0.3) is 15.9 Å². The molecular formula is C25H23ClN2O5S. The maximum Gasteiger partial charge on any atom is 0.338 e. The van der Waals surface area contributed by atoms with Gasteiger partial charge in [0.1, 0.15) is 0 Å². The third-order valence-corrected chi connectivity index (χ3v) is 7.65. The number of fused-ring (bicyclic) bond motifs is 1. The van der Waals surface area contributed by atoms with E-state index < -0.39 is 28.0 Å². The summed E-state index contributed by atoms with van der Waals surface area (Å²) < 4.78 is 33.4. The molecule has 3 aromatic carbocycles. The van der Waals surface area contributed by atoms with Gasteiger partial charge >= 0.3 is 5.97 Å². The summed E-state index contributed by atoms with van der Waals surface area (Å²) in [5, 5.41) is 2.96. The molecule has 176 valence electrons. The molecule has 1 amide bonds. The summed E-state index contributed by atoms with van der Waals surface area (Å²) in [4.78, 5) is 25.1. The van der Waals surface area contributed by atoms with Crippen LogP contribution >= 0.6 is 11.6 Å². The van der Waals surface area contributed by atoms with E-state index in [0.29, 0.717) is 29.4 Å². The standard InChI is InChI=1S/C25H23ClN2O5S/c1-17(24(29)27-22-13-4-3-12-21(22)26)33-25(30)19-9-6-11-20(16-19)34(31,32)28-15-7-10-18-8-2-5-14-23(18)28/h2-6,8-9,11-14,16-17H,7,10,15H2,1H3,(H,27,29). The molecule has 34 heavy (non-hydrogen) atoms. The number of halogens is 1. The highest BCUT2D eigenvalue weighted by atomic mass is 35.5. The van der Waals surface area contributed by atoms with Gasteiger partial charge in [-0.3, -0.25) is 9.10 Å². The number of para-hydroxylation sites is 2. The van der Waals surface area contributed by atoms with E-state index in [9.17, 15) is 18.0 Å². The lowest BCUT2D eigenvalue weighted by Gasteiger charge is -2.30. The molecule has 9 heteroatoms. The average molecular weight is 499 g/mol. The molecule has 1 aliphatic rings. The molecule has 0 fully saturated rings. The highest BCUT2D eigenvalue weighted by molar-refractivity contribution is 7.92. The number of anilines is 2. The Morgan fingerprint density at radius 1 is 1.03 bits per heavy atom. The molecule has 0 bridgehead atoms. The molecule has 1 N–H and O–H groups in total. The summed E-state index contributed by atoms with van der Waals surface area (Å²) in [6.07, 6.45) is 0.386. The Morgan fingerprint density at radius 3 is 2.56 bits per heavy atom. The van der Waals surface area contributed by atoms with Crippen molar-refractivity contribution in [1.29, 1.82) is 0 Å². The molecule has 1 unspecified atom stereocenters. The minimum Gasteiger partial charge on any atom is -0.449 e. The zero-order chi connectivity index (χ0) is 24.3. The summed E-state index contributed by atoms with van der Waals surface area (Å²) in [7, 11) is -3.89. The van der Waals surface area contributed by atoms with Crippen molar-refractivity contribution in [3.05, 3.63) is 88.9 Å². The number of amides is 1. The van der Waals surface area contributed by atoms with Crippen LogP contribution in [0.25, 0.3) is 0 Å². The van der Waals surface area contributed by atoms with Crippen molar-refractivity contribution in [2.75, 3.05) is 16.2 Å². The van der Waals surface area contributed by atoms with E-state index >= 15 is 0 Å². The largest absolute Gasteiger partial charge is 0.449 e. The van der Waals surface area contributed by atoms with Crippen LogP contribution in [0.5, 0.6) is 0 Å². The number of carbonyl (C=O) groups is 2. The number of hydrogen-bond donors (Lipinski definition) is 1. The maximum absolute atomic E-state index is 13.4. The Balaban J connectivity index is 1.50. The fourth-order valence-corrected chi connectivity index (χ4v) is 5.51. The van der Waals surface area contributed by atoms with E-state index in [1.54, 1.807) is 36.4 Å². The van der Waals surface area contributed by atoms with E-state index in [-0.39, 0.29) is 10.5 Å². The SMILES string of the molecule is CC(OC(=O)c1cccc(S(=O)(=O)N2CCCc3ccccc32)c1)C(=O)Nc1ccccc1Cl. The number of nitrogens with one attached hydrogen (secondary N) is 1. The van der Waals surface area contributed by atoms with Gasteiger partial charge in [-0.05, 0) is 61.7 Å². The predicted molar refractivity (Wildman–Crippen MR) is 131 cm³/mol. The van der Waals surface area contributed by atoms with Crippen LogP contribution in [0.4, 0.5) is 11.4 Å². The third-order valence-electron chi connectivity index (χ3n) is 5.51. The van der Waals surface area contributed by atoms with Gasteiger partial charge in [0, 0.05) is 6.54 Å². The van der Waals surface area contributed by atoms with Crippen LogP contribution in [0.15, 0.2) is 77.7 Å². The number of esters is 1. The van der Waals surface area contributed by atoms with E-state index in [1.165, 1.54) is 35.5 Å². The first-order valence-corrected chi connectivity index (χ1v) is 12.6. The summed E-state index contributed by atoms with van der Waals surface area (Å²) >= 11 is 6.05. The van der Waals surface area contributed by atoms with Crippen molar-refractivity contribution >= 4 is 44.9 Å². The molecule has 0 aliphatic carbocycles. The highest BCUT2D eigenvalue weighted by Crippen LogP contribution is 2.32. The van der Waals surface area contributed by atoms with E-state index in [0.717, 1.165) is 12.0 Å². The summed E-state index contributed by atoms with van der Waals surface area (Å²) in [5.74, 6) is -1.37. The molecule has 4 rings (SSSR count). The molecule has 1 aliphatic heterocycles. The normalized spacial score (nSPS) is 14.1. The smallest absolute Gasteiger partial charge is 0.338 e. The predicted octanol–water partition coefficient (Wildman–Crippen LogP) is 4.67. The number of benzene rings is 3. The Labute approximate surface area is 203 Å². The van der Waals surface area contributed by atoms with Crippen LogP contribution in [0, 0.1) is 0 Å². The van der Waals surface area contributed by atoms with Gasteiger partial charge in [0.2, 0.25) is 0 Å². The number of nitrogens with zero attached hydrogens (tertiary/aromatic N) is 1. The quantitative estimate of drug-likeness (QED) is 0.499. The Kier molecular flexibility index (Phi) is 6.90. The second kappa shape index (κ2) is 9.87. The molecule has 0 spiro atoms. The minimum atomic E-state index is -3.89. The molecule has 0 saturated carbocycles. The zero-order valence-electron chi connectivity index (χ0n) is 18.4. The fraction of sp³-hybridized carbons (Fsp3) is 0.200. The summed E-state index contributed by atoms with van der Waals surface area (Å²) in [6.45, 7) is 1.78. The number of rotatable bonds is 6. The average Bonchev–Trinajstić information content (AvgIpc) is 2.85. The van der Waals surface area contributed by atoms with Gasteiger partial charge < -0.3 is 10.1 Å². The van der Waals surface area contributed by atoms with Gasteiger partial charge in [-0.15, -0.1) is 0 Å². The lowest BCUT2D eigenvalue weighted by molar-refractivity contribution is -0.123. The number of sulfonamides is 1. The van der Waals surface area contributed by atoms with Crippen molar-refractivity contribution in [2.24, 2.45) is 0 Å². The molecule has 1 heterocycles. The van der Waals surface area contributed by atoms with E-state index in [4.69, 9.17) is 16.3 Å². The molecule has 0 aromatic heterocycles. The summed E-state index contributed by atoms with van der Waals surface area (Å²) in [6, 6.07) is 19.7. The van der Waals surface area contributed by atoms with Gasteiger partial charge in [-0.1, -0.05) is 48.0 Å². The first kappa shape index (κ1) is 23.8. The Morgan fingerprint density at radius 2 is 1.76 bits per heavy atom. The van der Waals surface area contributed by atoms with Crippen molar-refractivity contribution in [3.8, 4) is 0 Å².